The van der Waals surface area contributed by atoms with Crippen molar-refractivity contribution in [2.45, 2.75) is 0 Å². The standard InChI is InChI=1S/C13H10N2O4/c16-12(11-6-3-7-19-11)15-14-8-9-4-1-2-5-10(9)13(17)18/h1-8H,(H,15,16)(H,17,18). The van der Waals surface area contributed by atoms with Gasteiger partial charge in [-0.3, -0.25) is 4.79 Å². The minimum atomic E-state index is -1.06. The van der Waals surface area contributed by atoms with Crippen LogP contribution in [0.5, 0.6) is 0 Å². The Kier molecular flexibility index (Phi) is 3.72. The summed E-state index contributed by atoms with van der Waals surface area (Å²) in [7, 11) is 0. The topological polar surface area (TPSA) is 91.9 Å². The predicted molar refractivity (Wildman–Crippen MR) is 67.2 cm³/mol. The number of carboxylic acid groups (broad SMARTS) is 1. The molecule has 2 aromatic rings. The maximum atomic E-state index is 11.5. The van der Waals surface area contributed by atoms with Crippen molar-refractivity contribution in [2.24, 2.45) is 5.10 Å². The van der Waals surface area contributed by atoms with E-state index in [2.05, 4.69) is 10.5 Å². The fourth-order valence-corrected chi connectivity index (χ4v) is 1.43. The summed E-state index contributed by atoms with van der Waals surface area (Å²) in [5, 5.41) is 12.7. The molecule has 1 heterocycles. The van der Waals surface area contributed by atoms with Gasteiger partial charge in [-0.05, 0) is 18.2 Å². The number of aromatic carboxylic acids is 1. The maximum Gasteiger partial charge on any atom is 0.336 e. The van der Waals surface area contributed by atoms with Crippen molar-refractivity contribution in [1.82, 2.24) is 5.43 Å². The number of amides is 1. The van der Waals surface area contributed by atoms with E-state index in [4.69, 9.17) is 9.52 Å². The van der Waals surface area contributed by atoms with Crippen molar-refractivity contribution in [1.29, 1.82) is 0 Å². The molecule has 19 heavy (non-hydrogen) atoms. The molecule has 0 atom stereocenters. The Morgan fingerprint density at radius 1 is 1.21 bits per heavy atom. The van der Waals surface area contributed by atoms with Crippen molar-refractivity contribution in [2.75, 3.05) is 0 Å². The summed E-state index contributed by atoms with van der Waals surface area (Å²) in [6, 6.07) is 9.42. The van der Waals surface area contributed by atoms with Crippen molar-refractivity contribution < 1.29 is 19.1 Å². The number of carboxylic acids is 1. The first kappa shape index (κ1) is 12.6. The summed E-state index contributed by atoms with van der Waals surface area (Å²) in [5.41, 5.74) is 2.75. The minimum Gasteiger partial charge on any atom is -0.478 e. The molecular weight excluding hydrogens is 248 g/mol. The zero-order valence-electron chi connectivity index (χ0n) is 9.74. The van der Waals surface area contributed by atoms with Crippen LogP contribution in [0.25, 0.3) is 0 Å². The van der Waals surface area contributed by atoms with Gasteiger partial charge in [0.2, 0.25) is 0 Å². The van der Waals surface area contributed by atoms with Gasteiger partial charge < -0.3 is 9.52 Å². The molecule has 1 aromatic carbocycles. The number of hydrazone groups is 1. The summed E-state index contributed by atoms with van der Waals surface area (Å²) in [4.78, 5) is 22.4. The Hall–Kier alpha value is -2.89. The average molecular weight is 258 g/mol. The van der Waals surface area contributed by atoms with Crippen LogP contribution in [-0.4, -0.2) is 23.2 Å². The van der Waals surface area contributed by atoms with Crippen LogP contribution in [0, 0.1) is 0 Å². The lowest BCUT2D eigenvalue weighted by Gasteiger charge is -1.99. The predicted octanol–water partition coefficient (Wildman–Crippen LogP) is 1.74. The first-order valence-electron chi connectivity index (χ1n) is 5.37. The number of rotatable bonds is 4. The molecule has 6 nitrogen and oxygen atoms in total. The second-order valence-corrected chi connectivity index (χ2v) is 3.57. The van der Waals surface area contributed by atoms with E-state index in [1.165, 1.54) is 24.6 Å². The van der Waals surface area contributed by atoms with Crippen LogP contribution in [0.2, 0.25) is 0 Å². The highest BCUT2D eigenvalue weighted by Gasteiger charge is 2.08. The van der Waals surface area contributed by atoms with Gasteiger partial charge in [0.1, 0.15) is 0 Å². The molecule has 1 aromatic heterocycles. The molecular formula is C13H10N2O4. The van der Waals surface area contributed by atoms with E-state index in [0.29, 0.717) is 5.56 Å². The third-order valence-corrected chi connectivity index (χ3v) is 2.31. The van der Waals surface area contributed by atoms with Gasteiger partial charge in [0.25, 0.3) is 0 Å². The van der Waals surface area contributed by atoms with E-state index in [9.17, 15) is 9.59 Å². The first-order valence-corrected chi connectivity index (χ1v) is 5.37. The van der Waals surface area contributed by atoms with Gasteiger partial charge in [0, 0.05) is 5.56 Å². The maximum absolute atomic E-state index is 11.5. The molecule has 0 saturated heterocycles. The van der Waals surface area contributed by atoms with Gasteiger partial charge in [0.15, 0.2) is 5.76 Å². The van der Waals surface area contributed by atoms with Crippen molar-refractivity contribution >= 4 is 18.1 Å². The number of hydrogen-bond donors (Lipinski definition) is 2. The largest absolute Gasteiger partial charge is 0.478 e. The van der Waals surface area contributed by atoms with E-state index in [1.807, 2.05) is 0 Å². The van der Waals surface area contributed by atoms with Crippen molar-refractivity contribution in [3.8, 4) is 0 Å². The molecule has 2 rings (SSSR count). The average Bonchev–Trinajstić information content (AvgIpc) is 2.93. The SMILES string of the molecule is O=C(NN=Cc1ccccc1C(=O)O)c1ccco1. The van der Waals surface area contributed by atoms with Crippen LogP contribution in [0.4, 0.5) is 0 Å². The second-order valence-electron chi connectivity index (χ2n) is 3.57. The number of furan rings is 1. The highest BCUT2D eigenvalue weighted by Crippen LogP contribution is 2.06. The molecule has 6 heteroatoms. The van der Waals surface area contributed by atoms with Gasteiger partial charge in [-0.1, -0.05) is 18.2 Å². The summed E-state index contributed by atoms with van der Waals surface area (Å²) in [6.45, 7) is 0. The summed E-state index contributed by atoms with van der Waals surface area (Å²) in [5.74, 6) is -1.43. The zero-order chi connectivity index (χ0) is 13.7. The Balaban J connectivity index is 2.07. The quantitative estimate of drug-likeness (QED) is 0.645. The third kappa shape index (κ3) is 3.06. The molecule has 0 spiro atoms. The van der Waals surface area contributed by atoms with E-state index >= 15 is 0 Å². The number of hydrogen-bond acceptors (Lipinski definition) is 4. The van der Waals surface area contributed by atoms with E-state index in [0.717, 1.165) is 0 Å². The molecule has 2 N–H and O–H groups in total. The fraction of sp³-hybridized carbons (Fsp3) is 0. The Morgan fingerprint density at radius 2 is 2.00 bits per heavy atom. The summed E-state index contributed by atoms with van der Waals surface area (Å²) >= 11 is 0. The van der Waals surface area contributed by atoms with Crippen LogP contribution < -0.4 is 5.43 Å². The third-order valence-electron chi connectivity index (χ3n) is 2.31. The molecule has 0 unspecified atom stereocenters. The second kappa shape index (κ2) is 5.63. The van der Waals surface area contributed by atoms with Crippen molar-refractivity contribution in [3.05, 3.63) is 59.5 Å². The lowest BCUT2D eigenvalue weighted by molar-refractivity contribution is 0.0696. The highest BCUT2D eigenvalue weighted by molar-refractivity contribution is 5.99. The smallest absolute Gasteiger partial charge is 0.336 e. The summed E-state index contributed by atoms with van der Waals surface area (Å²) in [6.07, 6.45) is 2.64. The lowest BCUT2D eigenvalue weighted by Crippen LogP contribution is -2.17. The van der Waals surface area contributed by atoms with E-state index in [-0.39, 0.29) is 11.3 Å². The molecule has 0 saturated carbocycles. The lowest BCUT2D eigenvalue weighted by atomic mass is 10.1. The molecule has 0 fully saturated rings. The molecule has 0 aliphatic heterocycles. The van der Waals surface area contributed by atoms with Crippen LogP contribution in [0.1, 0.15) is 26.5 Å². The number of carbonyl (C=O) groups is 2. The van der Waals surface area contributed by atoms with E-state index in [1.54, 1.807) is 24.3 Å². The minimum absolute atomic E-state index is 0.110. The van der Waals surface area contributed by atoms with Crippen LogP contribution >= 0.6 is 0 Å². The summed E-state index contributed by atoms with van der Waals surface area (Å²) < 4.78 is 4.88. The first-order chi connectivity index (χ1) is 9.18. The molecule has 96 valence electrons. The molecule has 0 aliphatic carbocycles. The number of benzene rings is 1. The normalized spacial score (nSPS) is 10.5. The highest BCUT2D eigenvalue weighted by atomic mass is 16.4. The molecule has 0 aliphatic rings. The van der Waals surface area contributed by atoms with Crippen LogP contribution in [-0.2, 0) is 0 Å². The van der Waals surface area contributed by atoms with E-state index < -0.39 is 11.9 Å². The number of nitrogens with zero attached hydrogens (tertiary/aromatic N) is 1. The van der Waals surface area contributed by atoms with Gasteiger partial charge in [-0.15, -0.1) is 0 Å². The molecule has 0 radical (unpaired) electrons. The number of carbonyl (C=O) groups excluding carboxylic acids is 1. The Labute approximate surface area is 108 Å². The van der Waals surface area contributed by atoms with Crippen molar-refractivity contribution in [3.63, 3.8) is 0 Å². The van der Waals surface area contributed by atoms with Crippen LogP contribution in [0.15, 0.2) is 52.2 Å². The monoisotopic (exact) mass is 258 g/mol. The molecule has 0 bridgehead atoms. The fourth-order valence-electron chi connectivity index (χ4n) is 1.43. The Morgan fingerprint density at radius 3 is 2.68 bits per heavy atom. The van der Waals surface area contributed by atoms with Gasteiger partial charge >= 0.3 is 11.9 Å². The van der Waals surface area contributed by atoms with Gasteiger partial charge in [-0.2, -0.15) is 5.10 Å². The van der Waals surface area contributed by atoms with Gasteiger partial charge in [0.05, 0.1) is 18.0 Å². The molecule has 1 amide bonds. The Bertz CT molecular complexity index is 617. The van der Waals surface area contributed by atoms with Crippen LogP contribution in [0.3, 0.4) is 0 Å². The van der Waals surface area contributed by atoms with Gasteiger partial charge in [-0.25, -0.2) is 10.2 Å². The zero-order valence-corrected chi connectivity index (χ0v) is 9.74. The number of nitrogens with one attached hydrogen (secondary N) is 1.